The van der Waals surface area contributed by atoms with Gasteiger partial charge in [0, 0.05) is 4.47 Å². The third-order valence-corrected chi connectivity index (χ3v) is 4.00. The minimum absolute atomic E-state index is 1.12. The highest BCUT2D eigenvalue weighted by atomic mass is 79.9. The summed E-state index contributed by atoms with van der Waals surface area (Å²) in [6.07, 6.45) is 4.64. The van der Waals surface area contributed by atoms with E-state index < -0.39 is 0 Å². The molecule has 0 nitrogen and oxygen atoms in total. The SMILES string of the molecule is CCC1=Cc2c(cc(Br)c3ccccc23)C1. The molecule has 0 radical (unpaired) electrons. The van der Waals surface area contributed by atoms with Crippen molar-refractivity contribution in [3.05, 3.63) is 51.5 Å². The fourth-order valence-corrected chi connectivity index (χ4v) is 3.07. The molecule has 1 aliphatic rings. The summed E-state index contributed by atoms with van der Waals surface area (Å²) in [6.45, 7) is 2.23. The van der Waals surface area contributed by atoms with E-state index in [2.05, 4.69) is 59.3 Å². The molecule has 0 bridgehead atoms. The molecule has 80 valence electrons. The largest absolute Gasteiger partial charge is 0.0655 e. The van der Waals surface area contributed by atoms with E-state index in [1.54, 1.807) is 5.57 Å². The number of benzene rings is 2. The molecule has 0 atom stereocenters. The van der Waals surface area contributed by atoms with E-state index in [-0.39, 0.29) is 0 Å². The first-order valence-corrected chi connectivity index (χ1v) is 6.48. The molecule has 0 N–H and O–H groups in total. The molecule has 0 amide bonds. The van der Waals surface area contributed by atoms with Crippen LogP contribution in [0.3, 0.4) is 0 Å². The molecule has 0 spiro atoms. The van der Waals surface area contributed by atoms with Crippen molar-refractivity contribution in [2.45, 2.75) is 19.8 Å². The van der Waals surface area contributed by atoms with Crippen LogP contribution in [-0.2, 0) is 6.42 Å². The van der Waals surface area contributed by atoms with Crippen molar-refractivity contribution < 1.29 is 0 Å². The maximum atomic E-state index is 3.67. The summed E-state index contributed by atoms with van der Waals surface area (Å²) in [4.78, 5) is 0. The molecular formula is C15H13Br. The minimum atomic E-state index is 1.12. The van der Waals surface area contributed by atoms with E-state index in [1.807, 2.05) is 0 Å². The van der Waals surface area contributed by atoms with Crippen LogP contribution in [0.4, 0.5) is 0 Å². The predicted molar refractivity (Wildman–Crippen MR) is 73.6 cm³/mol. The van der Waals surface area contributed by atoms with Gasteiger partial charge < -0.3 is 0 Å². The van der Waals surface area contributed by atoms with Crippen LogP contribution in [-0.4, -0.2) is 0 Å². The van der Waals surface area contributed by atoms with Crippen LogP contribution < -0.4 is 0 Å². The van der Waals surface area contributed by atoms with Gasteiger partial charge in [0.2, 0.25) is 0 Å². The molecule has 0 unspecified atom stereocenters. The summed E-state index contributed by atoms with van der Waals surface area (Å²) in [5, 5.41) is 2.69. The molecule has 0 heterocycles. The van der Waals surface area contributed by atoms with Gasteiger partial charge in [0.15, 0.2) is 0 Å². The van der Waals surface area contributed by atoms with Gasteiger partial charge in [-0.05, 0) is 40.8 Å². The topological polar surface area (TPSA) is 0 Å². The number of halogens is 1. The summed E-state index contributed by atoms with van der Waals surface area (Å²) in [6, 6.07) is 10.9. The van der Waals surface area contributed by atoms with Crippen LogP contribution in [0.2, 0.25) is 0 Å². The van der Waals surface area contributed by atoms with Crippen molar-refractivity contribution in [2.24, 2.45) is 0 Å². The van der Waals surface area contributed by atoms with Crippen LogP contribution in [0.1, 0.15) is 24.5 Å². The second kappa shape index (κ2) is 3.74. The lowest BCUT2D eigenvalue weighted by Gasteiger charge is -2.06. The Balaban J connectivity index is 2.35. The zero-order chi connectivity index (χ0) is 11.1. The molecule has 0 fully saturated rings. The third kappa shape index (κ3) is 1.42. The summed E-state index contributed by atoms with van der Waals surface area (Å²) in [5.74, 6) is 0. The maximum absolute atomic E-state index is 3.67. The first-order valence-electron chi connectivity index (χ1n) is 5.69. The van der Waals surface area contributed by atoms with Gasteiger partial charge in [0.1, 0.15) is 0 Å². The zero-order valence-corrected chi connectivity index (χ0v) is 10.8. The zero-order valence-electron chi connectivity index (χ0n) is 9.26. The van der Waals surface area contributed by atoms with Crippen LogP contribution in [0.25, 0.3) is 16.8 Å². The van der Waals surface area contributed by atoms with Crippen LogP contribution >= 0.6 is 15.9 Å². The Bertz CT molecular complexity index is 594. The van der Waals surface area contributed by atoms with Gasteiger partial charge in [-0.1, -0.05) is 58.8 Å². The standard InChI is InChI=1S/C15H13Br/c1-2-10-7-11-9-15(16)13-6-4-3-5-12(13)14(11)8-10/h3-6,8-9H,2,7H2,1H3. The quantitative estimate of drug-likeness (QED) is 0.689. The number of hydrogen-bond acceptors (Lipinski definition) is 0. The average molecular weight is 273 g/mol. The van der Waals surface area contributed by atoms with Gasteiger partial charge in [-0.15, -0.1) is 0 Å². The van der Waals surface area contributed by atoms with E-state index in [0.717, 1.165) is 12.8 Å². The molecule has 1 heteroatoms. The molecule has 1 aliphatic carbocycles. The highest BCUT2D eigenvalue weighted by Crippen LogP contribution is 2.36. The van der Waals surface area contributed by atoms with Crippen molar-refractivity contribution in [3.8, 4) is 0 Å². The fraction of sp³-hybridized carbons (Fsp3) is 0.200. The van der Waals surface area contributed by atoms with Crippen molar-refractivity contribution in [1.29, 1.82) is 0 Å². The Morgan fingerprint density at radius 1 is 1.19 bits per heavy atom. The van der Waals surface area contributed by atoms with E-state index in [0.29, 0.717) is 0 Å². The molecule has 16 heavy (non-hydrogen) atoms. The van der Waals surface area contributed by atoms with E-state index in [1.165, 1.54) is 26.4 Å². The summed E-state index contributed by atoms with van der Waals surface area (Å²) >= 11 is 3.67. The lowest BCUT2D eigenvalue weighted by atomic mass is 10.0. The van der Waals surface area contributed by atoms with Gasteiger partial charge >= 0.3 is 0 Å². The second-order valence-electron chi connectivity index (χ2n) is 4.31. The lowest BCUT2D eigenvalue weighted by Crippen LogP contribution is -1.86. The monoisotopic (exact) mass is 272 g/mol. The first-order chi connectivity index (χ1) is 7.79. The van der Waals surface area contributed by atoms with Crippen LogP contribution in [0, 0.1) is 0 Å². The fourth-order valence-electron chi connectivity index (χ4n) is 2.45. The molecule has 0 aromatic heterocycles. The number of rotatable bonds is 1. The summed E-state index contributed by atoms with van der Waals surface area (Å²) < 4.78 is 1.22. The second-order valence-corrected chi connectivity index (χ2v) is 5.16. The van der Waals surface area contributed by atoms with Crippen LogP contribution in [0.5, 0.6) is 0 Å². The van der Waals surface area contributed by atoms with Gasteiger partial charge in [0.05, 0.1) is 0 Å². The molecular weight excluding hydrogens is 260 g/mol. The Hall–Kier alpha value is -1.08. The van der Waals surface area contributed by atoms with Crippen molar-refractivity contribution in [3.63, 3.8) is 0 Å². The van der Waals surface area contributed by atoms with E-state index in [4.69, 9.17) is 0 Å². The number of hydrogen-bond donors (Lipinski definition) is 0. The molecule has 0 saturated carbocycles. The van der Waals surface area contributed by atoms with Gasteiger partial charge in [-0.2, -0.15) is 0 Å². The Morgan fingerprint density at radius 3 is 2.69 bits per heavy atom. The smallest absolute Gasteiger partial charge is 0.0257 e. The summed E-state index contributed by atoms with van der Waals surface area (Å²) in [5.41, 5.74) is 4.43. The van der Waals surface area contributed by atoms with Gasteiger partial charge in [-0.25, -0.2) is 0 Å². The van der Waals surface area contributed by atoms with Gasteiger partial charge in [-0.3, -0.25) is 0 Å². The van der Waals surface area contributed by atoms with Crippen molar-refractivity contribution >= 4 is 32.8 Å². The molecule has 3 rings (SSSR count). The average Bonchev–Trinajstić information content (AvgIpc) is 2.72. The minimum Gasteiger partial charge on any atom is -0.0655 e. The molecule has 0 aliphatic heterocycles. The van der Waals surface area contributed by atoms with Gasteiger partial charge in [0.25, 0.3) is 0 Å². The molecule has 2 aromatic carbocycles. The number of allylic oxidation sites excluding steroid dienone is 1. The molecule has 0 saturated heterocycles. The number of fused-ring (bicyclic) bond motifs is 3. The summed E-state index contributed by atoms with van der Waals surface area (Å²) in [7, 11) is 0. The van der Waals surface area contributed by atoms with Crippen LogP contribution in [0.15, 0.2) is 40.4 Å². The van der Waals surface area contributed by atoms with Crippen molar-refractivity contribution in [1.82, 2.24) is 0 Å². The van der Waals surface area contributed by atoms with E-state index in [9.17, 15) is 0 Å². The van der Waals surface area contributed by atoms with Crippen molar-refractivity contribution in [2.75, 3.05) is 0 Å². The Labute approximate surface area is 104 Å². The Morgan fingerprint density at radius 2 is 1.94 bits per heavy atom. The predicted octanol–water partition coefficient (Wildman–Crippen LogP) is 4.95. The molecule has 2 aromatic rings. The normalized spacial score (nSPS) is 14.0. The highest BCUT2D eigenvalue weighted by molar-refractivity contribution is 9.10. The maximum Gasteiger partial charge on any atom is 0.0257 e. The first kappa shape index (κ1) is 10.1. The highest BCUT2D eigenvalue weighted by Gasteiger charge is 2.15. The Kier molecular flexibility index (Phi) is 2.36. The lowest BCUT2D eigenvalue weighted by molar-refractivity contribution is 1.04. The van der Waals surface area contributed by atoms with E-state index >= 15 is 0 Å². The third-order valence-electron chi connectivity index (χ3n) is 3.34.